The molecule has 4 rings (SSSR count). The quantitative estimate of drug-likeness (QED) is 0.110. The van der Waals surface area contributed by atoms with Gasteiger partial charge in [0.25, 0.3) is 5.91 Å². The van der Waals surface area contributed by atoms with Gasteiger partial charge in [-0.15, -0.1) is 0 Å². The number of carbonyl (C=O) groups is 1. The highest BCUT2D eigenvalue weighted by Crippen LogP contribution is 2.27. The molecule has 1 amide bonds. The number of aryl methyl sites for hydroxylation is 1. The Labute approximate surface area is 203 Å². The van der Waals surface area contributed by atoms with E-state index in [1.807, 2.05) is 36.4 Å². The molecule has 3 aromatic carbocycles. The lowest BCUT2D eigenvalue weighted by Gasteiger charge is -2.12. The maximum absolute atomic E-state index is 14.2. The van der Waals surface area contributed by atoms with Gasteiger partial charge in [0.2, 0.25) is 5.82 Å². The molecule has 1 aromatic heterocycles. The largest absolute Gasteiger partial charge is 0.319 e. The van der Waals surface area contributed by atoms with Crippen LogP contribution in [0.1, 0.15) is 28.1 Å². The summed E-state index contributed by atoms with van der Waals surface area (Å²) < 4.78 is 70.1. The van der Waals surface area contributed by atoms with Crippen LogP contribution in [-0.4, -0.2) is 15.7 Å². The first-order valence-corrected chi connectivity index (χ1v) is 10.9. The number of carbonyl (C=O) groups excluding carboxylic acids is 1. The van der Waals surface area contributed by atoms with Crippen LogP contribution < -0.4 is 5.32 Å². The van der Waals surface area contributed by atoms with Crippen molar-refractivity contribution in [3.63, 3.8) is 0 Å². The summed E-state index contributed by atoms with van der Waals surface area (Å²) in [5, 5.41) is 6.93. The molecule has 0 unspecified atom stereocenters. The summed E-state index contributed by atoms with van der Waals surface area (Å²) in [6.07, 6.45) is 1.72. The number of nitrogens with one attached hydrogen (secondary N) is 1. The highest BCUT2D eigenvalue weighted by Gasteiger charge is 2.27. The van der Waals surface area contributed by atoms with Gasteiger partial charge in [-0.1, -0.05) is 60.7 Å². The predicted octanol–water partition coefficient (Wildman–Crippen LogP) is 6.42. The van der Waals surface area contributed by atoms with Crippen LogP contribution >= 0.6 is 0 Å². The van der Waals surface area contributed by atoms with Gasteiger partial charge >= 0.3 is 0 Å². The summed E-state index contributed by atoms with van der Waals surface area (Å²) >= 11 is 0. The molecule has 1 heterocycles. The Balaban J connectivity index is 1.69. The van der Waals surface area contributed by atoms with Gasteiger partial charge in [0.1, 0.15) is 0 Å². The van der Waals surface area contributed by atoms with Crippen LogP contribution in [0.2, 0.25) is 0 Å². The van der Waals surface area contributed by atoms with Crippen molar-refractivity contribution < 1.29 is 26.7 Å². The van der Waals surface area contributed by atoms with Gasteiger partial charge in [0.05, 0.1) is 29.2 Å². The molecule has 4 aromatic rings. The number of aromatic nitrogens is 2. The van der Waals surface area contributed by atoms with E-state index in [0.29, 0.717) is 16.8 Å². The zero-order valence-corrected chi connectivity index (χ0v) is 19.3. The third-order valence-corrected chi connectivity index (χ3v) is 5.67. The van der Waals surface area contributed by atoms with Crippen LogP contribution in [0.3, 0.4) is 0 Å². The second-order valence-electron chi connectivity index (χ2n) is 8.04. The SMILES string of the molecule is Cc1nn(Cc2c(F)c(F)c(F)c(F)c2F)c(C)c1NC(=O)C(=Cc1ccccc1)c1ccccc1. The van der Waals surface area contributed by atoms with Gasteiger partial charge in [-0.25, -0.2) is 22.0 Å². The van der Waals surface area contributed by atoms with Crippen molar-refractivity contribution in [2.75, 3.05) is 5.32 Å². The Bertz CT molecular complexity index is 1440. The molecule has 0 atom stereocenters. The summed E-state index contributed by atoms with van der Waals surface area (Å²) in [7, 11) is 0. The Kier molecular flexibility index (Phi) is 7.00. The first-order valence-electron chi connectivity index (χ1n) is 10.9. The smallest absolute Gasteiger partial charge is 0.256 e. The van der Waals surface area contributed by atoms with Crippen LogP contribution in [0, 0.1) is 42.9 Å². The van der Waals surface area contributed by atoms with E-state index in [0.717, 1.165) is 10.2 Å². The lowest BCUT2D eigenvalue weighted by molar-refractivity contribution is -0.111. The number of hydrogen-bond donors (Lipinski definition) is 1. The number of anilines is 1. The van der Waals surface area contributed by atoms with E-state index in [2.05, 4.69) is 10.4 Å². The average molecular weight is 497 g/mol. The minimum absolute atomic E-state index is 0.263. The molecule has 184 valence electrons. The number of nitrogens with zero attached hydrogens (tertiary/aromatic N) is 2. The molecule has 0 bridgehead atoms. The van der Waals surface area contributed by atoms with E-state index in [9.17, 15) is 26.7 Å². The van der Waals surface area contributed by atoms with E-state index < -0.39 is 47.1 Å². The molecule has 0 aliphatic carbocycles. The van der Waals surface area contributed by atoms with Gasteiger partial charge in [-0.3, -0.25) is 9.48 Å². The highest BCUT2D eigenvalue weighted by atomic mass is 19.2. The normalized spacial score (nSPS) is 11.6. The molecular formula is C27H20F5N3O. The molecule has 0 saturated heterocycles. The number of hydrogen-bond acceptors (Lipinski definition) is 2. The van der Waals surface area contributed by atoms with Crippen LogP contribution in [0.5, 0.6) is 0 Å². The van der Waals surface area contributed by atoms with E-state index in [-0.39, 0.29) is 11.4 Å². The van der Waals surface area contributed by atoms with Gasteiger partial charge in [0.15, 0.2) is 23.3 Å². The molecule has 0 spiro atoms. The van der Waals surface area contributed by atoms with E-state index >= 15 is 0 Å². The van der Waals surface area contributed by atoms with Crippen LogP contribution in [0.25, 0.3) is 11.6 Å². The van der Waals surface area contributed by atoms with Gasteiger partial charge in [0, 0.05) is 5.57 Å². The summed E-state index contributed by atoms with van der Waals surface area (Å²) in [5.74, 6) is -10.6. The molecule has 0 aliphatic rings. The standard InChI is InChI=1S/C27H20F5N3O/c1-15-26(16(2)35(34-15)14-20-21(28)23(30)25(32)24(31)22(20)29)33-27(36)19(18-11-7-4-8-12-18)13-17-9-5-3-6-10-17/h3-13H,14H2,1-2H3,(H,33,36). The van der Waals surface area contributed by atoms with Crippen LogP contribution in [-0.2, 0) is 11.3 Å². The Morgan fingerprint density at radius 1 is 0.833 bits per heavy atom. The Morgan fingerprint density at radius 2 is 1.36 bits per heavy atom. The molecule has 1 N–H and O–H groups in total. The first kappa shape index (κ1) is 24.8. The summed E-state index contributed by atoms with van der Waals surface area (Å²) in [6.45, 7) is 2.35. The first-order chi connectivity index (χ1) is 17.2. The van der Waals surface area contributed by atoms with Gasteiger partial charge < -0.3 is 5.32 Å². The third-order valence-electron chi connectivity index (χ3n) is 5.67. The van der Waals surface area contributed by atoms with Gasteiger partial charge in [-0.05, 0) is 31.1 Å². The second kappa shape index (κ2) is 10.2. The topological polar surface area (TPSA) is 46.9 Å². The van der Waals surface area contributed by atoms with Crippen molar-refractivity contribution in [1.29, 1.82) is 0 Å². The molecular weight excluding hydrogens is 477 g/mol. The third kappa shape index (κ3) is 4.77. The fraction of sp³-hybridized carbons (Fsp3) is 0.111. The monoisotopic (exact) mass is 497 g/mol. The van der Waals surface area contributed by atoms with Crippen molar-refractivity contribution in [3.05, 3.63) is 118 Å². The summed E-state index contributed by atoms with van der Waals surface area (Å²) in [4.78, 5) is 13.3. The molecule has 9 heteroatoms. The molecule has 0 aliphatic heterocycles. The molecule has 0 radical (unpaired) electrons. The highest BCUT2D eigenvalue weighted by molar-refractivity contribution is 6.29. The minimum atomic E-state index is -2.23. The lowest BCUT2D eigenvalue weighted by atomic mass is 10.0. The maximum Gasteiger partial charge on any atom is 0.256 e. The number of benzene rings is 3. The van der Waals surface area contributed by atoms with E-state index in [1.165, 1.54) is 6.92 Å². The minimum Gasteiger partial charge on any atom is -0.319 e. The zero-order chi connectivity index (χ0) is 26.0. The Morgan fingerprint density at radius 3 is 1.94 bits per heavy atom. The fourth-order valence-corrected chi connectivity index (χ4v) is 3.77. The van der Waals surface area contributed by atoms with Gasteiger partial charge in [-0.2, -0.15) is 5.10 Å². The average Bonchev–Trinajstić information content (AvgIpc) is 3.15. The van der Waals surface area contributed by atoms with Crippen molar-refractivity contribution in [2.24, 2.45) is 0 Å². The van der Waals surface area contributed by atoms with Crippen molar-refractivity contribution in [2.45, 2.75) is 20.4 Å². The predicted molar refractivity (Wildman–Crippen MR) is 126 cm³/mol. The molecule has 0 fully saturated rings. The summed E-state index contributed by atoms with van der Waals surface area (Å²) in [6, 6.07) is 18.2. The lowest BCUT2D eigenvalue weighted by Crippen LogP contribution is -2.15. The Hall–Kier alpha value is -4.27. The molecule has 4 nitrogen and oxygen atoms in total. The van der Waals surface area contributed by atoms with E-state index in [4.69, 9.17) is 0 Å². The molecule has 0 saturated carbocycles. The van der Waals surface area contributed by atoms with E-state index in [1.54, 1.807) is 37.3 Å². The number of halogens is 5. The van der Waals surface area contributed by atoms with Crippen LogP contribution in [0.15, 0.2) is 60.7 Å². The summed E-state index contributed by atoms with van der Waals surface area (Å²) in [5.41, 5.74) is 1.62. The van der Waals surface area contributed by atoms with Crippen LogP contribution in [0.4, 0.5) is 27.6 Å². The van der Waals surface area contributed by atoms with Crippen molar-refractivity contribution >= 4 is 23.2 Å². The fourth-order valence-electron chi connectivity index (χ4n) is 3.77. The molecule has 36 heavy (non-hydrogen) atoms. The maximum atomic E-state index is 14.2. The zero-order valence-electron chi connectivity index (χ0n) is 19.3. The van der Waals surface area contributed by atoms with Crippen molar-refractivity contribution in [1.82, 2.24) is 9.78 Å². The van der Waals surface area contributed by atoms with Crippen molar-refractivity contribution in [3.8, 4) is 0 Å². The number of rotatable bonds is 6. The second-order valence-corrected chi connectivity index (χ2v) is 8.04. The number of amides is 1.